The van der Waals surface area contributed by atoms with Crippen LogP contribution in [0.1, 0.15) is 17.2 Å². The number of halogens is 5. The van der Waals surface area contributed by atoms with E-state index in [1.54, 1.807) is 0 Å². The third kappa shape index (κ3) is 2.94. The summed E-state index contributed by atoms with van der Waals surface area (Å²) in [6.07, 6.45) is -1.47. The summed E-state index contributed by atoms with van der Waals surface area (Å²) in [4.78, 5) is 5.48. The van der Waals surface area contributed by atoms with Gasteiger partial charge >= 0.3 is 5.51 Å². The van der Waals surface area contributed by atoms with Crippen molar-refractivity contribution in [2.24, 2.45) is 0 Å². The van der Waals surface area contributed by atoms with Gasteiger partial charge in [-0.2, -0.15) is 13.2 Å². The normalized spacial score (nSPS) is 18.8. The van der Waals surface area contributed by atoms with E-state index >= 15 is 0 Å². The van der Waals surface area contributed by atoms with Crippen LogP contribution in [-0.2, 0) is 16.3 Å². The first-order chi connectivity index (χ1) is 12.4. The van der Waals surface area contributed by atoms with Crippen LogP contribution >= 0.6 is 0 Å². The second kappa shape index (κ2) is 5.97. The Labute approximate surface area is 149 Å². The first-order valence-corrected chi connectivity index (χ1v) is 8.74. The Morgan fingerprint density at radius 1 is 1.26 bits per heavy atom. The molecule has 1 atom stereocenters. The van der Waals surface area contributed by atoms with Crippen LogP contribution in [0.15, 0.2) is 35.5 Å². The summed E-state index contributed by atoms with van der Waals surface area (Å²) >= 11 is 0. The molecule has 0 amide bonds. The van der Waals surface area contributed by atoms with Crippen molar-refractivity contribution in [2.75, 3.05) is 0 Å². The number of sulfone groups is 1. The molecule has 0 saturated carbocycles. The molecule has 5 nitrogen and oxygen atoms in total. The van der Waals surface area contributed by atoms with Crippen molar-refractivity contribution in [3.05, 3.63) is 53.1 Å². The number of hydrogen-bond acceptors (Lipinski definition) is 4. The molecular weight excluding hydrogens is 395 g/mol. The van der Waals surface area contributed by atoms with Crippen LogP contribution in [-0.4, -0.2) is 29.9 Å². The Morgan fingerprint density at radius 2 is 1.93 bits per heavy atom. The van der Waals surface area contributed by atoms with Crippen molar-refractivity contribution >= 4 is 15.5 Å². The van der Waals surface area contributed by atoms with Crippen molar-refractivity contribution < 1.29 is 35.5 Å². The highest BCUT2D eigenvalue weighted by atomic mass is 32.2. The predicted octanol–water partition coefficient (Wildman–Crippen LogP) is 3.82. The monoisotopic (exact) mass is 404 g/mol. The number of alkyl halides is 5. The number of aliphatic hydroxyl groups is 1. The molecule has 1 unspecified atom stereocenters. The zero-order valence-corrected chi connectivity index (χ0v) is 13.9. The van der Waals surface area contributed by atoms with E-state index in [1.165, 1.54) is 18.5 Å². The molecular formula is C16H9F5N2O3S. The summed E-state index contributed by atoms with van der Waals surface area (Å²) in [5, 5.41) is 9.85. The first-order valence-electron chi connectivity index (χ1n) is 7.26. The van der Waals surface area contributed by atoms with Gasteiger partial charge in [0, 0.05) is 24.4 Å². The molecule has 0 bridgehead atoms. The number of nitrogens with zero attached hydrogens (tertiary/aromatic N) is 2. The zero-order chi connectivity index (χ0) is 20.2. The van der Waals surface area contributed by atoms with Crippen molar-refractivity contribution in [3.63, 3.8) is 0 Å². The summed E-state index contributed by atoms with van der Waals surface area (Å²) in [5.41, 5.74) is -6.96. The molecule has 27 heavy (non-hydrogen) atoms. The van der Waals surface area contributed by atoms with E-state index in [4.69, 9.17) is 6.57 Å². The van der Waals surface area contributed by atoms with Gasteiger partial charge in [0.05, 0.1) is 11.5 Å². The fourth-order valence-corrected chi connectivity index (χ4v) is 3.96. The smallest absolute Gasteiger partial charge is 0.382 e. The molecule has 3 rings (SSSR count). The van der Waals surface area contributed by atoms with Crippen LogP contribution < -0.4 is 0 Å². The number of rotatable bonds is 2. The summed E-state index contributed by atoms with van der Waals surface area (Å²) in [5.74, 6) is -3.85. The molecule has 1 aromatic heterocycles. The second-order valence-corrected chi connectivity index (χ2v) is 7.75. The van der Waals surface area contributed by atoms with E-state index < -0.39 is 49.8 Å². The lowest BCUT2D eigenvalue weighted by Gasteiger charge is -2.17. The average Bonchev–Trinajstić information content (AvgIpc) is 2.83. The largest absolute Gasteiger partial charge is 0.501 e. The van der Waals surface area contributed by atoms with E-state index in [0.29, 0.717) is 6.07 Å². The van der Waals surface area contributed by atoms with E-state index in [9.17, 15) is 35.5 Å². The summed E-state index contributed by atoms with van der Waals surface area (Å²) in [6.45, 7) is 6.96. The molecule has 1 heterocycles. The van der Waals surface area contributed by atoms with E-state index in [-0.39, 0.29) is 16.8 Å². The number of pyridine rings is 1. The molecule has 11 heteroatoms. The molecule has 1 aromatic carbocycles. The van der Waals surface area contributed by atoms with Crippen LogP contribution in [0.3, 0.4) is 0 Å². The third-order valence-corrected chi connectivity index (χ3v) is 5.71. The highest BCUT2D eigenvalue weighted by molar-refractivity contribution is 7.92. The minimum atomic E-state index is -5.95. The van der Waals surface area contributed by atoms with Crippen LogP contribution in [0, 0.1) is 6.57 Å². The highest BCUT2D eigenvalue weighted by Gasteiger charge is 2.54. The molecule has 0 saturated heterocycles. The third-order valence-electron chi connectivity index (χ3n) is 4.16. The summed E-state index contributed by atoms with van der Waals surface area (Å²) < 4.78 is 90.4. The number of hydrogen-bond donors (Lipinski definition) is 1. The standard InChI is InChI=1S/C16H9F5N2O3S/c1-22-9-4-8(6-23-7-9)10-2-3-12(27(25,26)16(19,20)21)13-11(10)5-15(17,18)14(13)24/h2-4,6-7,14,24H,5H2. The SMILES string of the molecule is [C-]#[N+]c1cncc(-c2ccc(S(=O)(=O)C(F)(F)F)c3c2CC(F)(F)C3O)c1. The Hall–Kier alpha value is -2.58. The molecule has 1 aliphatic carbocycles. The van der Waals surface area contributed by atoms with Crippen molar-refractivity contribution in [3.8, 4) is 11.1 Å². The Morgan fingerprint density at radius 3 is 2.52 bits per heavy atom. The minimum Gasteiger partial charge on any atom is -0.382 e. The van der Waals surface area contributed by atoms with Gasteiger partial charge in [0.15, 0.2) is 0 Å². The zero-order valence-electron chi connectivity index (χ0n) is 13.1. The maximum absolute atomic E-state index is 14.0. The van der Waals surface area contributed by atoms with Gasteiger partial charge in [0.25, 0.3) is 15.8 Å². The molecule has 0 radical (unpaired) electrons. The number of benzene rings is 1. The Balaban J connectivity index is 2.33. The van der Waals surface area contributed by atoms with Gasteiger partial charge < -0.3 is 5.11 Å². The maximum atomic E-state index is 14.0. The number of aromatic nitrogens is 1. The van der Waals surface area contributed by atoms with Crippen LogP contribution in [0.4, 0.5) is 27.6 Å². The van der Waals surface area contributed by atoms with Gasteiger partial charge in [-0.25, -0.2) is 22.0 Å². The average molecular weight is 404 g/mol. The molecule has 0 fully saturated rings. The second-order valence-electron chi connectivity index (χ2n) is 5.84. The molecule has 142 valence electrons. The lowest BCUT2D eigenvalue weighted by Crippen LogP contribution is -2.26. The maximum Gasteiger partial charge on any atom is 0.501 e. The van der Waals surface area contributed by atoms with Crippen LogP contribution in [0.25, 0.3) is 16.0 Å². The van der Waals surface area contributed by atoms with Gasteiger partial charge in [-0.15, -0.1) is 0 Å². The van der Waals surface area contributed by atoms with Crippen molar-refractivity contribution in [2.45, 2.75) is 28.9 Å². The lowest BCUT2D eigenvalue weighted by atomic mass is 9.97. The van der Waals surface area contributed by atoms with Gasteiger partial charge in [-0.05, 0) is 28.8 Å². The fraction of sp³-hybridized carbons (Fsp3) is 0.250. The topological polar surface area (TPSA) is 71.6 Å². The molecule has 1 N–H and O–H groups in total. The number of aliphatic hydroxyl groups excluding tert-OH is 1. The highest BCUT2D eigenvalue weighted by Crippen LogP contribution is 2.50. The predicted molar refractivity (Wildman–Crippen MR) is 82.8 cm³/mol. The first kappa shape index (κ1) is 19.2. The van der Waals surface area contributed by atoms with Crippen molar-refractivity contribution in [1.82, 2.24) is 4.98 Å². The van der Waals surface area contributed by atoms with Crippen molar-refractivity contribution in [1.29, 1.82) is 0 Å². The summed E-state index contributed by atoms with van der Waals surface area (Å²) in [7, 11) is -5.95. The Bertz CT molecular complexity index is 1070. The minimum absolute atomic E-state index is 0.0275. The molecule has 0 spiro atoms. The quantitative estimate of drug-likeness (QED) is 0.610. The van der Waals surface area contributed by atoms with Gasteiger partial charge in [0.2, 0.25) is 5.69 Å². The van der Waals surface area contributed by atoms with Crippen LogP contribution in [0.5, 0.6) is 0 Å². The Kier molecular flexibility index (Phi) is 4.24. The number of fused-ring (bicyclic) bond motifs is 1. The van der Waals surface area contributed by atoms with E-state index in [1.807, 2.05) is 0 Å². The van der Waals surface area contributed by atoms with Crippen LogP contribution in [0.2, 0.25) is 0 Å². The molecule has 2 aromatic rings. The van der Waals surface area contributed by atoms with Gasteiger partial charge in [-0.1, -0.05) is 6.07 Å². The van der Waals surface area contributed by atoms with E-state index in [0.717, 1.165) is 6.07 Å². The molecule has 1 aliphatic rings. The van der Waals surface area contributed by atoms with Gasteiger partial charge in [-0.3, -0.25) is 4.98 Å². The lowest BCUT2D eigenvalue weighted by molar-refractivity contribution is -0.0977. The fourth-order valence-electron chi connectivity index (χ4n) is 2.94. The molecule has 0 aliphatic heterocycles. The van der Waals surface area contributed by atoms with Gasteiger partial charge in [0.1, 0.15) is 6.10 Å². The summed E-state index contributed by atoms with van der Waals surface area (Å²) in [6, 6.07) is 2.75. The van der Waals surface area contributed by atoms with E-state index in [2.05, 4.69) is 9.83 Å².